The van der Waals surface area contributed by atoms with Gasteiger partial charge in [0.1, 0.15) is 12.1 Å². The van der Waals surface area contributed by atoms with Crippen LogP contribution in [0.2, 0.25) is 0 Å². The summed E-state index contributed by atoms with van der Waals surface area (Å²) < 4.78 is 0. The van der Waals surface area contributed by atoms with Crippen LogP contribution in [-0.4, -0.2) is 29.0 Å². The van der Waals surface area contributed by atoms with Gasteiger partial charge in [-0.05, 0) is 32.3 Å². The van der Waals surface area contributed by atoms with Gasteiger partial charge in [-0.2, -0.15) is 0 Å². The summed E-state index contributed by atoms with van der Waals surface area (Å²) in [6.07, 6.45) is 3.29. The summed E-state index contributed by atoms with van der Waals surface area (Å²) in [6.45, 7) is 5.76. The molecule has 4 rings (SSSR count). The number of hydrogen-bond acceptors (Lipinski definition) is 4. The summed E-state index contributed by atoms with van der Waals surface area (Å²) in [5.74, 6) is 1.12. The molecule has 1 aliphatic rings. The van der Waals surface area contributed by atoms with Crippen molar-refractivity contribution in [3.63, 3.8) is 0 Å². The maximum Gasteiger partial charge on any atom is 0.223 e. The number of aromatic nitrogens is 2. The van der Waals surface area contributed by atoms with E-state index in [1.165, 1.54) is 5.56 Å². The molecule has 1 unspecified atom stereocenters. The lowest BCUT2D eigenvalue weighted by Gasteiger charge is -2.32. The monoisotopic (exact) mass is 400 g/mol. The van der Waals surface area contributed by atoms with E-state index in [0.29, 0.717) is 0 Å². The highest BCUT2D eigenvalue weighted by atomic mass is 16.1. The second-order valence-electron chi connectivity index (χ2n) is 8.03. The first kappa shape index (κ1) is 20.1. The Balaban J connectivity index is 1.35. The molecule has 2 heterocycles. The molecule has 5 heteroatoms. The quantitative estimate of drug-likeness (QED) is 0.683. The molecule has 1 atom stereocenters. The summed E-state index contributed by atoms with van der Waals surface area (Å²) in [6, 6.07) is 20.5. The summed E-state index contributed by atoms with van der Waals surface area (Å²) in [4.78, 5) is 23.9. The first-order chi connectivity index (χ1) is 14.6. The van der Waals surface area contributed by atoms with Crippen LogP contribution in [0.3, 0.4) is 0 Å². The minimum atomic E-state index is 0.0198. The lowest BCUT2D eigenvalue weighted by atomic mass is 9.95. The number of aryl methyl sites for hydroxylation is 1. The molecule has 0 aliphatic carbocycles. The largest absolute Gasteiger partial charge is 0.356 e. The number of hydrogen-bond donors (Lipinski definition) is 1. The Morgan fingerprint density at radius 3 is 2.43 bits per heavy atom. The molecule has 0 saturated carbocycles. The van der Waals surface area contributed by atoms with Gasteiger partial charge in [-0.15, -0.1) is 0 Å². The van der Waals surface area contributed by atoms with Gasteiger partial charge < -0.3 is 10.2 Å². The summed E-state index contributed by atoms with van der Waals surface area (Å²) in [5.41, 5.74) is 4.37. The fraction of sp³-hybridized carbons (Fsp3) is 0.320. The number of nitrogens with one attached hydrogen (secondary N) is 1. The van der Waals surface area contributed by atoms with E-state index < -0.39 is 0 Å². The maximum atomic E-state index is 12.8. The molecule has 1 N–H and O–H groups in total. The van der Waals surface area contributed by atoms with E-state index in [0.717, 1.165) is 48.6 Å². The third kappa shape index (κ3) is 4.67. The zero-order valence-corrected chi connectivity index (χ0v) is 17.6. The van der Waals surface area contributed by atoms with Crippen molar-refractivity contribution in [2.75, 3.05) is 18.0 Å². The van der Waals surface area contributed by atoms with E-state index in [9.17, 15) is 4.79 Å². The zero-order chi connectivity index (χ0) is 20.9. The average molecular weight is 401 g/mol. The molecule has 0 bridgehead atoms. The number of anilines is 1. The van der Waals surface area contributed by atoms with Crippen LogP contribution in [0.1, 0.15) is 36.9 Å². The highest BCUT2D eigenvalue weighted by molar-refractivity contribution is 5.79. The van der Waals surface area contributed by atoms with E-state index in [1.807, 2.05) is 31.2 Å². The lowest BCUT2D eigenvalue weighted by molar-refractivity contribution is -0.126. The van der Waals surface area contributed by atoms with Crippen molar-refractivity contribution in [1.82, 2.24) is 15.3 Å². The molecule has 2 aromatic carbocycles. The molecule has 30 heavy (non-hydrogen) atoms. The number of carbonyl (C=O) groups is 1. The van der Waals surface area contributed by atoms with Gasteiger partial charge in [0.15, 0.2) is 0 Å². The molecular weight excluding hydrogens is 372 g/mol. The Kier molecular flexibility index (Phi) is 6.07. The minimum absolute atomic E-state index is 0.0198. The molecule has 1 amide bonds. The lowest BCUT2D eigenvalue weighted by Crippen LogP contribution is -2.41. The SMILES string of the molecule is Cc1ccc(C(C)NC(=O)C2CCN(c3cc(-c4ccccc4)ncn3)CC2)cc1. The Bertz CT molecular complexity index is 980. The van der Waals surface area contributed by atoms with Crippen LogP contribution in [0.15, 0.2) is 67.0 Å². The smallest absolute Gasteiger partial charge is 0.223 e. The van der Waals surface area contributed by atoms with Crippen molar-refractivity contribution in [3.05, 3.63) is 78.1 Å². The first-order valence-corrected chi connectivity index (χ1v) is 10.6. The standard InChI is InChI=1S/C25H28N4O/c1-18-8-10-20(11-9-18)19(2)28-25(30)22-12-14-29(15-13-22)24-16-23(26-17-27-24)21-6-4-3-5-7-21/h3-11,16-17,19,22H,12-15H2,1-2H3,(H,28,30). The number of amides is 1. The van der Waals surface area contributed by atoms with Crippen molar-refractivity contribution in [2.24, 2.45) is 5.92 Å². The van der Waals surface area contributed by atoms with E-state index in [4.69, 9.17) is 0 Å². The molecule has 154 valence electrons. The van der Waals surface area contributed by atoms with Gasteiger partial charge in [-0.1, -0.05) is 60.2 Å². The Hall–Kier alpha value is -3.21. The molecule has 1 aliphatic heterocycles. The van der Waals surface area contributed by atoms with E-state index in [-0.39, 0.29) is 17.9 Å². The van der Waals surface area contributed by atoms with Gasteiger partial charge >= 0.3 is 0 Å². The van der Waals surface area contributed by atoms with E-state index in [2.05, 4.69) is 63.5 Å². The van der Waals surface area contributed by atoms with E-state index in [1.54, 1.807) is 6.33 Å². The summed E-state index contributed by atoms with van der Waals surface area (Å²) in [5, 5.41) is 3.19. The molecule has 3 aromatic rings. The highest BCUT2D eigenvalue weighted by Gasteiger charge is 2.26. The second kappa shape index (κ2) is 9.08. The van der Waals surface area contributed by atoms with Gasteiger partial charge in [0.2, 0.25) is 5.91 Å². The fourth-order valence-corrected chi connectivity index (χ4v) is 3.93. The average Bonchev–Trinajstić information content (AvgIpc) is 2.80. The van der Waals surface area contributed by atoms with Gasteiger partial charge in [-0.25, -0.2) is 9.97 Å². The minimum Gasteiger partial charge on any atom is -0.356 e. The molecule has 0 radical (unpaired) electrons. The van der Waals surface area contributed by atoms with Crippen LogP contribution in [-0.2, 0) is 4.79 Å². The zero-order valence-electron chi connectivity index (χ0n) is 17.6. The van der Waals surface area contributed by atoms with Crippen LogP contribution >= 0.6 is 0 Å². The number of nitrogens with zero attached hydrogens (tertiary/aromatic N) is 3. The summed E-state index contributed by atoms with van der Waals surface area (Å²) in [7, 11) is 0. The predicted octanol–water partition coefficient (Wildman–Crippen LogP) is 4.55. The summed E-state index contributed by atoms with van der Waals surface area (Å²) >= 11 is 0. The molecule has 1 aromatic heterocycles. The third-order valence-corrected chi connectivity index (χ3v) is 5.85. The van der Waals surface area contributed by atoms with Crippen molar-refractivity contribution >= 4 is 11.7 Å². The fourth-order valence-electron chi connectivity index (χ4n) is 3.93. The molecule has 5 nitrogen and oxygen atoms in total. The van der Waals surface area contributed by atoms with Crippen LogP contribution in [0.4, 0.5) is 5.82 Å². The van der Waals surface area contributed by atoms with Crippen LogP contribution in [0, 0.1) is 12.8 Å². The Morgan fingerprint density at radius 2 is 1.73 bits per heavy atom. The van der Waals surface area contributed by atoms with Gasteiger partial charge in [0.05, 0.1) is 11.7 Å². The Morgan fingerprint density at radius 1 is 1.03 bits per heavy atom. The molecule has 1 saturated heterocycles. The van der Waals surface area contributed by atoms with Crippen molar-refractivity contribution in [3.8, 4) is 11.3 Å². The van der Waals surface area contributed by atoms with Crippen LogP contribution in [0.5, 0.6) is 0 Å². The second-order valence-corrected chi connectivity index (χ2v) is 8.03. The van der Waals surface area contributed by atoms with E-state index >= 15 is 0 Å². The normalized spacial score (nSPS) is 15.6. The number of piperidine rings is 1. The van der Waals surface area contributed by atoms with Gasteiger partial charge in [0.25, 0.3) is 0 Å². The third-order valence-electron chi connectivity index (χ3n) is 5.85. The Labute approximate surface area is 178 Å². The molecule has 1 fully saturated rings. The van der Waals surface area contributed by atoms with Crippen LogP contribution < -0.4 is 10.2 Å². The van der Waals surface area contributed by atoms with Crippen molar-refractivity contribution in [2.45, 2.75) is 32.7 Å². The predicted molar refractivity (Wildman–Crippen MR) is 120 cm³/mol. The van der Waals surface area contributed by atoms with Crippen LogP contribution in [0.25, 0.3) is 11.3 Å². The molecular formula is C25H28N4O. The topological polar surface area (TPSA) is 58.1 Å². The number of benzene rings is 2. The maximum absolute atomic E-state index is 12.8. The van der Waals surface area contributed by atoms with Crippen molar-refractivity contribution < 1.29 is 4.79 Å². The van der Waals surface area contributed by atoms with Gasteiger partial charge in [0, 0.05) is 30.6 Å². The highest BCUT2D eigenvalue weighted by Crippen LogP contribution is 2.25. The molecule has 0 spiro atoms. The van der Waals surface area contributed by atoms with Crippen molar-refractivity contribution in [1.29, 1.82) is 0 Å². The number of carbonyl (C=O) groups excluding carboxylic acids is 1. The first-order valence-electron chi connectivity index (χ1n) is 10.6. The number of rotatable bonds is 5. The van der Waals surface area contributed by atoms with Gasteiger partial charge in [-0.3, -0.25) is 4.79 Å².